The van der Waals surface area contributed by atoms with Crippen LogP contribution in [0, 0.1) is 13.8 Å². The minimum atomic E-state index is -0.397. The summed E-state index contributed by atoms with van der Waals surface area (Å²) in [7, 11) is 1.41. The first kappa shape index (κ1) is 18.6. The maximum absolute atomic E-state index is 11.8. The van der Waals surface area contributed by atoms with Crippen LogP contribution in [0.15, 0.2) is 35.4 Å². The molecule has 0 aliphatic heterocycles. The van der Waals surface area contributed by atoms with Crippen molar-refractivity contribution in [2.24, 2.45) is 5.10 Å². The van der Waals surface area contributed by atoms with Gasteiger partial charge in [-0.2, -0.15) is 5.10 Å². The van der Waals surface area contributed by atoms with Crippen molar-refractivity contribution in [1.82, 2.24) is 5.43 Å². The Bertz CT molecular complexity index is 806. The fourth-order valence-electron chi connectivity index (χ4n) is 1.99. The van der Waals surface area contributed by atoms with Crippen molar-refractivity contribution in [2.75, 3.05) is 13.7 Å². The van der Waals surface area contributed by atoms with Crippen LogP contribution >= 0.6 is 11.6 Å². The zero-order valence-electron chi connectivity index (χ0n) is 14.2. The van der Waals surface area contributed by atoms with Gasteiger partial charge >= 0.3 is 0 Å². The first-order valence-corrected chi connectivity index (χ1v) is 7.87. The van der Waals surface area contributed by atoms with E-state index in [1.807, 2.05) is 32.0 Å². The average Bonchev–Trinajstić information content (AvgIpc) is 2.59. The molecule has 0 aliphatic carbocycles. The number of nitrogens with zero attached hydrogens (tertiary/aromatic N) is 1. The van der Waals surface area contributed by atoms with Crippen molar-refractivity contribution in [3.63, 3.8) is 0 Å². The molecule has 2 rings (SSSR count). The van der Waals surface area contributed by atoms with Crippen LogP contribution < -0.4 is 14.9 Å². The van der Waals surface area contributed by atoms with Gasteiger partial charge in [0.15, 0.2) is 18.1 Å². The lowest BCUT2D eigenvalue weighted by Crippen LogP contribution is -2.24. The Kier molecular flexibility index (Phi) is 6.25. The second kappa shape index (κ2) is 8.39. The predicted molar refractivity (Wildman–Crippen MR) is 96.8 cm³/mol. The highest BCUT2D eigenvalue weighted by molar-refractivity contribution is 6.32. The van der Waals surface area contributed by atoms with E-state index in [1.165, 1.54) is 19.4 Å². The molecule has 0 bridgehead atoms. The molecular formula is C18H19ClN2O4. The quantitative estimate of drug-likeness (QED) is 0.611. The molecule has 0 fully saturated rings. The summed E-state index contributed by atoms with van der Waals surface area (Å²) in [6, 6.07) is 8.66. The number of phenols is 1. The summed E-state index contributed by atoms with van der Waals surface area (Å²) in [5.74, 6) is 0.300. The SMILES string of the molecule is COc1cc(/C=N/NC(=O)COc2ccc(C)c(C)c2)cc(Cl)c1O. The van der Waals surface area contributed by atoms with Gasteiger partial charge in [-0.1, -0.05) is 17.7 Å². The number of nitrogens with one attached hydrogen (secondary N) is 1. The fourth-order valence-corrected chi connectivity index (χ4v) is 2.21. The van der Waals surface area contributed by atoms with E-state index >= 15 is 0 Å². The summed E-state index contributed by atoms with van der Waals surface area (Å²) >= 11 is 5.88. The largest absolute Gasteiger partial charge is 0.503 e. The lowest BCUT2D eigenvalue weighted by molar-refractivity contribution is -0.123. The number of ether oxygens (including phenoxy) is 2. The zero-order valence-corrected chi connectivity index (χ0v) is 14.9. The second-order valence-electron chi connectivity index (χ2n) is 5.38. The molecule has 0 aliphatic rings. The normalized spacial score (nSPS) is 10.7. The number of benzene rings is 2. The monoisotopic (exact) mass is 362 g/mol. The van der Waals surface area contributed by atoms with Crippen LogP contribution in [0.1, 0.15) is 16.7 Å². The summed E-state index contributed by atoms with van der Waals surface area (Å²) < 4.78 is 10.4. The molecule has 6 nitrogen and oxygen atoms in total. The number of amides is 1. The summed E-state index contributed by atoms with van der Waals surface area (Å²) in [5.41, 5.74) is 5.17. The molecule has 0 saturated carbocycles. The van der Waals surface area contributed by atoms with Crippen molar-refractivity contribution >= 4 is 23.7 Å². The van der Waals surface area contributed by atoms with Crippen LogP contribution in [0.3, 0.4) is 0 Å². The van der Waals surface area contributed by atoms with E-state index in [-0.39, 0.29) is 23.1 Å². The number of methoxy groups -OCH3 is 1. The van der Waals surface area contributed by atoms with Crippen molar-refractivity contribution in [3.8, 4) is 17.2 Å². The molecule has 2 aromatic rings. The van der Waals surface area contributed by atoms with Crippen LogP contribution in [-0.2, 0) is 4.79 Å². The number of halogens is 1. The van der Waals surface area contributed by atoms with Gasteiger partial charge in [0, 0.05) is 0 Å². The number of hydrazone groups is 1. The van der Waals surface area contributed by atoms with Gasteiger partial charge in [-0.15, -0.1) is 0 Å². The minimum Gasteiger partial charge on any atom is -0.503 e. The number of rotatable bonds is 6. The molecule has 1 amide bonds. The Labute approximate surface area is 151 Å². The maximum Gasteiger partial charge on any atom is 0.277 e. The maximum atomic E-state index is 11.8. The van der Waals surface area contributed by atoms with Crippen molar-refractivity contribution in [1.29, 1.82) is 0 Å². The van der Waals surface area contributed by atoms with Gasteiger partial charge < -0.3 is 14.6 Å². The molecule has 0 radical (unpaired) electrons. The van der Waals surface area contributed by atoms with Gasteiger partial charge in [0.1, 0.15) is 5.75 Å². The number of hydrogen-bond acceptors (Lipinski definition) is 5. The molecule has 0 spiro atoms. The van der Waals surface area contributed by atoms with Crippen LogP contribution in [0.2, 0.25) is 5.02 Å². The molecule has 0 aromatic heterocycles. The third-order valence-electron chi connectivity index (χ3n) is 3.52. The standard InChI is InChI=1S/C18H19ClN2O4/c1-11-4-5-14(6-12(11)2)25-10-17(22)21-20-9-13-7-15(19)18(23)16(8-13)24-3/h4-9,23H,10H2,1-3H3,(H,21,22)/b20-9+. The van der Waals surface area contributed by atoms with Gasteiger partial charge in [-0.05, 0) is 54.8 Å². The van der Waals surface area contributed by atoms with Crippen molar-refractivity contribution < 1.29 is 19.4 Å². The topological polar surface area (TPSA) is 80.2 Å². The molecule has 0 saturated heterocycles. The van der Waals surface area contributed by atoms with E-state index in [1.54, 1.807) is 6.07 Å². The summed E-state index contributed by atoms with van der Waals surface area (Å²) in [6.07, 6.45) is 1.39. The fraction of sp³-hybridized carbons (Fsp3) is 0.222. The van der Waals surface area contributed by atoms with E-state index in [2.05, 4.69) is 10.5 Å². The Morgan fingerprint density at radius 2 is 2.04 bits per heavy atom. The molecule has 25 heavy (non-hydrogen) atoms. The zero-order chi connectivity index (χ0) is 18.4. The molecule has 0 unspecified atom stereocenters. The first-order chi connectivity index (χ1) is 11.9. The summed E-state index contributed by atoms with van der Waals surface area (Å²) in [4.78, 5) is 11.8. The smallest absolute Gasteiger partial charge is 0.277 e. The first-order valence-electron chi connectivity index (χ1n) is 7.49. The third kappa shape index (κ3) is 5.12. The molecule has 2 N–H and O–H groups in total. The van der Waals surface area contributed by atoms with Crippen molar-refractivity contribution in [2.45, 2.75) is 13.8 Å². The highest BCUT2D eigenvalue weighted by Crippen LogP contribution is 2.34. The Hall–Kier alpha value is -2.73. The van der Waals surface area contributed by atoms with Gasteiger partial charge in [0.2, 0.25) is 0 Å². The number of aryl methyl sites for hydroxylation is 2. The highest BCUT2D eigenvalue weighted by atomic mass is 35.5. The number of aromatic hydroxyl groups is 1. The minimum absolute atomic E-state index is 0.130. The predicted octanol–water partition coefficient (Wildman–Crippen LogP) is 3.20. The van der Waals surface area contributed by atoms with E-state index in [0.717, 1.165) is 11.1 Å². The van der Waals surface area contributed by atoms with Gasteiger partial charge in [0.25, 0.3) is 5.91 Å². The van der Waals surface area contributed by atoms with Crippen LogP contribution in [-0.4, -0.2) is 30.9 Å². The van der Waals surface area contributed by atoms with Crippen LogP contribution in [0.5, 0.6) is 17.2 Å². The van der Waals surface area contributed by atoms with Crippen LogP contribution in [0.25, 0.3) is 0 Å². The molecular weight excluding hydrogens is 344 g/mol. The summed E-state index contributed by atoms with van der Waals surface area (Å²) in [6.45, 7) is 3.83. The lowest BCUT2D eigenvalue weighted by atomic mass is 10.1. The number of carbonyl (C=O) groups is 1. The van der Waals surface area contributed by atoms with E-state index < -0.39 is 5.91 Å². The number of hydrogen-bond donors (Lipinski definition) is 2. The molecule has 0 atom stereocenters. The lowest BCUT2D eigenvalue weighted by Gasteiger charge is -2.07. The Morgan fingerprint density at radius 1 is 1.28 bits per heavy atom. The summed E-state index contributed by atoms with van der Waals surface area (Å²) in [5, 5.41) is 13.6. The molecule has 132 valence electrons. The molecule has 0 heterocycles. The van der Waals surface area contributed by atoms with Crippen LogP contribution in [0.4, 0.5) is 0 Å². The Morgan fingerprint density at radius 3 is 2.72 bits per heavy atom. The van der Waals surface area contributed by atoms with E-state index in [9.17, 15) is 9.90 Å². The number of phenolic OH excluding ortho intramolecular Hbond substituents is 1. The Balaban J connectivity index is 1.90. The number of carbonyl (C=O) groups excluding carboxylic acids is 1. The third-order valence-corrected chi connectivity index (χ3v) is 3.81. The van der Waals surface area contributed by atoms with E-state index in [0.29, 0.717) is 11.3 Å². The van der Waals surface area contributed by atoms with Crippen molar-refractivity contribution in [3.05, 3.63) is 52.0 Å². The molecule has 2 aromatic carbocycles. The average molecular weight is 363 g/mol. The molecule has 7 heteroatoms. The van der Waals surface area contributed by atoms with Gasteiger partial charge in [0.05, 0.1) is 18.3 Å². The second-order valence-corrected chi connectivity index (χ2v) is 5.79. The van der Waals surface area contributed by atoms with Gasteiger partial charge in [-0.3, -0.25) is 4.79 Å². The van der Waals surface area contributed by atoms with Gasteiger partial charge in [-0.25, -0.2) is 5.43 Å². The highest BCUT2D eigenvalue weighted by Gasteiger charge is 2.08. The van der Waals surface area contributed by atoms with E-state index in [4.69, 9.17) is 21.1 Å².